The van der Waals surface area contributed by atoms with Crippen LogP contribution >= 0.6 is 0 Å². The van der Waals surface area contributed by atoms with Crippen LogP contribution < -0.4 is 0 Å². The van der Waals surface area contributed by atoms with Crippen LogP contribution in [-0.4, -0.2) is 12.6 Å². The summed E-state index contributed by atoms with van der Waals surface area (Å²) < 4.78 is 4.88. The Morgan fingerprint density at radius 1 is 1.06 bits per heavy atom. The molecule has 2 nitrogen and oxygen atoms in total. The van der Waals surface area contributed by atoms with Crippen molar-refractivity contribution in [1.82, 2.24) is 0 Å². The second kappa shape index (κ2) is 10.8. The second-order valence-corrected chi connectivity index (χ2v) is 4.41. The van der Waals surface area contributed by atoms with Crippen molar-refractivity contribution in [2.45, 2.75) is 53.4 Å². The molecule has 0 bridgehead atoms. The molecule has 0 aliphatic carbocycles. The highest BCUT2D eigenvalue weighted by Gasteiger charge is 1.97. The molecule has 1 aromatic carbocycles. The number of rotatable bonds is 5. The lowest BCUT2D eigenvalue weighted by atomic mass is 10.1. The lowest BCUT2D eigenvalue weighted by Gasteiger charge is -2.00. The molecule has 18 heavy (non-hydrogen) atoms. The molecule has 0 radical (unpaired) electrons. The van der Waals surface area contributed by atoms with Crippen LogP contribution in [-0.2, 0) is 9.53 Å². The van der Waals surface area contributed by atoms with E-state index in [9.17, 15) is 4.79 Å². The van der Waals surface area contributed by atoms with Crippen molar-refractivity contribution in [1.29, 1.82) is 0 Å². The molecule has 0 heterocycles. The molecule has 2 heteroatoms. The summed E-state index contributed by atoms with van der Waals surface area (Å²) in [7, 11) is 0. The van der Waals surface area contributed by atoms with Crippen molar-refractivity contribution in [2.24, 2.45) is 0 Å². The summed E-state index contributed by atoms with van der Waals surface area (Å²) in [5, 5.41) is 0. The van der Waals surface area contributed by atoms with Crippen LogP contribution in [0.2, 0.25) is 0 Å². The number of hydrogen-bond donors (Lipinski definition) is 0. The lowest BCUT2D eigenvalue weighted by Crippen LogP contribution is -2.04. The molecule has 1 aromatic rings. The monoisotopic (exact) mass is 250 g/mol. The number of ether oxygens (including phenoxy) is 1. The first-order chi connectivity index (χ1) is 8.61. The molecule has 0 aliphatic heterocycles. The third-order valence-electron chi connectivity index (χ3n) is 2.64. The average molecular weight is 250 g/mol. The smallest absolute Gasteiger partial charge is 0.305 e. The maximum atomic E-state index is 10.7. The Hall–Kier alpha value is -1.31. The fraction of sp³-hybridized carbons (Fsp3) is 0.562. The summed E-state index contributed by atoms with van der Waals surface area (Å²) in [6.07, 6.45) is 3.50. The van der Waals surface area contributed by atoms with Crippen LogP contribution in [0, 0.1) is 13.8 Å². The number of aryl methyl sites for hydroxylation is 2. The van der Waals surface area contributed by atoms with Gasteiger partial charge in [-0.3, -0.25) is 4.79 Å². The van der Waals surface area contributed by atoms with Gasteiger partial charge in [-0.2, -0.15) is 0 Å². The van der Waals surface area contributed by atoms with Crippen LogP contribution in [0.25, 0.3) is 0 Å². The van der Waals surface area contributed by atoms with E-state index in [1.54, 1.807) is 0 Å². The van der Waals surface area contributed by atoms with Gasteiger partial charge in [-0.25, -0.2) is 0 Å². The molecule has 0 amide bonds. The Kier molecular flexibility index (Phi) is 10.0. The highest BCUT2D eigenvalue weighted by atomic mass is 16.5. The lowest BCUT2D eigenvalue weighted by molar-refractivity contribution is -0.143. The molecular weight excluding hydrogens is 224 g/mol. The Bertz CT molecular complexity index is 311. The van der Waals surface area contributed by atoms with E-state index in [0.29, 0.717) is 13.0 Å². The van der Waals surface area contributed by atoms with Crippen LogP contribution in [0.15, 0.2) is 24.3 Å². The van der Waals surface area contributed by atoms with Crippen LogP contribution in [0.4, 0.5) is 0 Å². The predicted molar refractivity (Wildman–Crippen MR) is 76.7 cm³/mol. The molecule has 0 unspecified atom stereocenters. The summed E-state index contributed by atoms with van der Waals surface area (Å²) in [5.41, 5.74) is 2.74. The minimum absolute atomic E-state index is 0.0593. The van der Waals surface area contributed by atoms with Gasteiger partial charge in [0.15, 0.2) is 0 Å². The summed E-state index contributed by atoms with van der Waals surface area (Å²) in [4.78, 5) is 10.7. The van der Waals surface area contributed by atoms with Crippen LogP contribution in [0.5, 0.6) is 0 Å². The fourth-order valence-corrected chi connectivity index (χ4v) is 1.27. The summed E-state index contributed by atoms with van der Waals surface area (Å²) in [5.74, 6) is -0.0593. The Morgan fingerprint density at radius 2 is 1.61 bits per heavy atom. The van der Waals surface area contributed by atoms with Crippen LogP contribution in [0.3, 0.4) is 0 Å². The van der Waals surface area contributed by atoms with Gasteiger partial charge in [0.1, 0.15) is 0 Å². The zero-order valence-electron chi connectivity index (χ0n) is 12.2. The van der Waals surface area contributed by atoms with Gasteiger partial charge in [-0.1, -0.05) is 44.5 Å². The van der Waals surface area contributed by atoms with Gasteiger partial charge >= 0.3 is 5.97 Å². The minimum atomic E-state index is -0.0593. The maximum absolute atomic E-state index is 10.7. The molecule has 0 saturated carbocycles. The quantitative estimate of drug-likeness (QED) is 0.570. The molecule has 0 saturated heterocycles. The molecule has 1 rings (SSSR count). The molecule has 0 spiro atoms. The molecule has 0 fully saturated rings. The van der Waals surface area contributed by atoms with Crippen molar-refractivity contribution >= 4 is 5.97 Å². The average Bonchev–Trinajstić information content (AvgIpc) is 2.35. The first kappa shape index (κ1) is 16.7. The van der Waals surface area contributed by atoms with Crippen molar-refractivity contribution in [3.05, 3.63) is 35.4 Å². The van der Waals surface area contributed by atoms with E-state index >= 15 is 0 Å². The van der Waals surface area contributed by atoms with Gasteiger partial charge in [-0.05, 0) is 37.8 Å². The fourth-order valence-electron chi connectivity index (χ4n) is 1.27. The van der Waals surface area contributed by atoms with E-state index in [0.717, 1.165) is 19.3 Å². The molecule has 0 aromatic heterocycles. The number of benzene rings is 1. The Balaban J connectivity index is 0.000000327. The minimum Gasteiger partial charge on any atom is -0.466 e. The number of carbonyl (C=O) groups excluding carboxylic acids is 1. The van der Waals surface area contributed by atoms with Gasteiger partial charge in [-0.15, -0.1) is 0 Å². The second-order valence-electron chi connectivity index (χ2n) is 4.41. The number of carbonyl (C=O) groups is 1. The zero-order chi connectivity index (χ0) is 13.8. The van der Waals surface area contributed by atoms with E-state index in [4.69, 9.17) is 4.74 Å². The van der Waals surface area contributed by atoms with Gasteiger partial charge < -0.3 is 4.74 Å². The van der Waals surface area contributed by atoms with Crippen molar-refractivity contribution < 1.29 is 9.53 Å². The maximum Gasteiger partial charge on any atom is 0.305 e. The first-order valence-electron chi connectivity index (χ1n) is 6.79. The highest BCUT2D eigenvalue weighted by molar-refractivity contribution is 5.69. The largest absolute Gasteiger partial charge is 0.466 e. The molecule has 102 valence electrons. The Labute approximate surface area is 111 Å². The van der Waals surface area contributed by atoms with Gasteiger partial charge in [0, 0.05) is 6.42 Å². The summed E-state index contributed by atoms with van der Waals surface area (Å²) in [6, 6.07) is 8.36. The van der Waals surface area contributed by atoms with E-state index in [-0.39, 0.29) is 5.97 Å². The first-order valence-corrected chi connectivity index (χ1v) is 6.79. The molecule has 0 atom stereocenters. The SMILES string of the molecule is CCCCOC(=O)CCC.Cc1ccccc1C. The third-order valence-corrected chi connectivity index (χ3v) is 2.64. The summed E-state index contributed by atoms with van der Waals surface area (Å²) in [6.45, 7) is 8.88. The van der Waals surface area contributed by atoms with Crippen molar-refractivity contribution in [2.75, 3.05) is 6.61 Å². The van der Waals surface area contributed by atoms with Gasteiger partial charge in [0.2, 0.25) is 0 Å². The predicted octanol–water partition coefficient (Wildman–Crippen LogP) is 4.43. The van der Waals surface area contributed by atoms with E-state index in [2.05, 4.69) is 45.0 Å². The van der Waals surface area contributed by atoms with E-state index in [1.165, 1.54) is 11.1 Å². The van der Waals surface area contributed by atoms with Crippen molar-refractivity contribution in [3.63, 3.8) is 0 Å². The van der Waals surface area contributed by atoms with E-state index < -0.39 is 0 Å². The molecular formula is C16H26O2. The third kappa shape index (κ3) is 8.80. The zero-order valence-corrected chi connectivity index (χ0v) is 12.2. The number of hydrogen-bond acceptors (Lipinski definition) is 2. The number of esters is 1. The van der Waals surface area contributed by atoms with E-state index in [1.807, 2.05) is 6.92 Å². The van der Waals surface area contributed by atoms with Crippen molar-refractivity contribution in [3.8, 4) is 0 Å². The Morgan fingerprint density at radius 3 is 2.00 bits per heavy atom. The standard InChI is InChI=1S/C8H16O2.C8H10/c1-3-5-7-10-8(9)6-4-2;1-7-5-3-4-6-8(7)2/h3-7H2,1-2H3;3-6H,1-2H3. The van der Waals surface area contributed by atoms with Crippen LogP contribution in [0.1, 0.15) is 50.7 Å². The van der Waals surface area contributed by atoms with Gasteiger partial charge in [0.25, 0.3) is 0 Å². The number of unbranched alkanes of at least 4 members (excludes halogenated alkanes) is 1. The topological polar surface area (TPSA) is 26.3 Å². The molecule has 0 N–H and O–H groups in total. The molecule has 0 aliphatic rings. The van der Waals surface area contributed by atoms with Gasteiger partial charge in [0.05, 0.1) is 6.61 Å². The highest BCUT2D eigenvalue weighted by Crippen LogP contribution is 2.02. The summed E-state index contributed by atoms with van der Waals surface area (Å²) >= 11 is 0. The normalized spacial score (nSPS) is 9.33.